The molecule has 3 unspecified atom stereocenters. The van der Waals surface area contributed by atoms with Crippen LogP contribution in [0.1, 0.15) is 39.0 Å². The lowest BCUT2D eigenvalue weighted by Crippen LogP contribution is -2.41. The summed E-state index contributed by atoms with van der Waals surface area (Å²) in [5, 5.41) is 0. The molecule has 0 aromatic rings. The zero-order chi connectivity index (χ0) is 9.26. The van der Waals surface area contributed by atoms with Crippen LogP contribution >= 0.6 is 0 Å². The monoisotopic (exact) mass is 183 g/mol. The maximum atomic E-state index is 6.02. The number of hydrogen-bond donors (Lipinski definition) is 1. The molecule has 2 N–H and O–H groups in total. The van der Waals surface area contributed by atoms with E-state index >= 15 is 0 Å². The Hall–Kier alpha value is -0.0800. The van der Waals surface area contributed by atoms with Gasteiger partial charge in [0.2, 0.25) is 0 Å². The third-order valence-corrected chi connectivity index (χ3v) is 3.35. The third kappa shape index (κ3) is 2.68. The van der Waals surface area contributed by atoms with Gasteiger partial charge in [0.1, 0.15) is 0 Å². The molecule has 2 heteroatoms. The van der Waals surface area contributed by atoms with Crippen LogP contribution in [0.3, 0.4) is 0 Å². The highest BCUT2D eigenvalue weighted by Crippen LogP contribution is 2.31. The van der Waals surface area contributed by atoms with Gasteiger partial charge in [0, 0.05) is 12.6 Å². The van der Waals surface area contributed by atoms with E-state index in [1.54, 1.807) is 0 Å². The van der Waals surface area contributed by atoms with Crippen molar-refractivity contribution < 1.29 is 4.74 Å². The van der Waals surface area contributed by atoms with Gasteiger partial charge < -0.3 is 10.5 Å². The smallest absolute Gasteiger partial charge is 0.0728 e. The summed E-state index contributed by atoms with van der Waals surface area (Å²) in [5.74, 6) is 1.67. The second kappa shape index (κ2) is 3.97. The molecule has 0 bridgehead atoms. The van der Waals surface area contributed by atoms with Crippen molar-refractivity contribution in [2.75, 3.05) is 6.61 Å². The molecule has 0 aromatic carbocycles. The predicted molar refractivity (Wildman–Crippen MR) is 53.5 cm³/mol. The predicted octanol–water partition coefficient (Wildman–Crippen LogP) is 1.93. The maximum absolute atomic E-state index is 6.02. The minimum Gasteiger partial charge on any atom is -0.376 e. The lowest BCUT2D eigenvalue weighted by atomic mass is 9.85. The molecule has 0 aliphatic heterocycles. The van der Waals surface area contributed by atoms with Crippen LogP contribution in [0.4, 0.5) is 0 Å². The summed E-state index contributed by atoms with van der Waals surface area (Å²) in [4.78, 5) is 0. The van der Waals surface area contributed by atoms with Gasteiger partial charge in [0.15, 0.2) is 0 Å². The SMILES string of the molecule is CC1CCC(N)C(OCC2CC2)C1. The first-order chi connectivity index (χ1) is 6.25. The molecule has 76 valence electrons. The Kier molecular flexibility index (Phi) is 2.89. The van der Waals surface area contributed by atoms with Crippen molar-refractivity contribution in [1.82, 2.24) is 0 Å². The zero-order valence-electron chi connectivity index (χ0n) is 8.54. The first-order valence-corrected chi connectivity index (χ1v) is 5.63. The van der Waals surface area contributed by atoms with Gasteiger partial charge in [-0.25, -0.2) is 0 Å². The maximum Gasteiger partial charge on any atom is 0.0728 e. The van der Waals surface area contributed by atoms with Crippen molar-refractivity contribution in [2.45, 2.75) is 51.2 Å². The van der Waals surface area contributed by atoms with Gasteiger partial charge in [0.05, 0.1) is 6.10 Å². The van der Waals surface area contributed by atoms with Crippen LogP contribution in [0.15, 0.2) is 0 Å². The van der Waals surface area contributed by atoms with Gasteiger partial charge >= 0.3 is 0 Å². The lowest BCUT2D eigenvalue weighted by molar-refractivity contribution is -0.00296. The number of hydrogen-bond acceptors (Lipinski definition) is 2. The summed E-state index contributed by atoms with van der Waals surface area (Å²) in [6.07, 6.45) is 6.70. The Morgan fingerprint density at radius 1 is 1.23 bits per heavy atom. The van der Waals surface area contributed by atoms with E-state index in [0.29, 0.717) is 12.1 Å². The standard InChI is InChI=1S/C11H21NO/c1-8-2-5-10(12)11(6-8)13-7-9-3-4-9/h8-11H,2-7,12H2,1H3. The summed E-state index contributed by atoms with van der Waals surface area (Å²) in [6.45, 7) is 3.27. The highest BCUT2D eigenvalue weighted by atomic mass is 16.5. The van der Waals surface area contributed by atoms with E-state index in [-0.39, 0.29) is 0 Å². The molecule has 0 amide bonds. The molecule has 2 saturated carbocycles. The number of ether oxygens (including phenoxy) is 1. The number of nitrogens with two attached hydrogens (primary N) is 1. The highest BCUT2D eigenvalue weighted by molar-refractivity contribution is 4.83. The molecule has 3 atom stereocenters. The normalized spacial score (nSPS) is 40.6. The molecule has 2 fully saturated rings. The Labute approximate surface area is 80.8 Å². The first-order valence-electron chi connectivity index (χ1n) is 5.63. The van der Waals surface area contributed by atoms with E-state index in [9.17, 15) is 0 Å². The molecule has 0 spiro atoms. The zero-order valence-corrected chi connectivity index (χ0v) is 8.54. The molecule has 0 saturated heterocycles. The molecule has 2 nitrogen and oxygen atoms in total. The Morgan fingerprint density at radius 2 is 2.00 bits per heavy atom. The van der Waals surface area contributed by atoms with Crippen LogP contribution in [0, 0.1) is 11.8 Å². The number of rotatable bonds is 3. The molecule has 0 aromatic heterocycles. The van der Waals surface area contributed by atoms with Crippen LogP contribution in [-0.4, -0.2) is 18.8 Å². The highest BCUT2D eigenvalue weighted by Gasteiger charge is 2.29. The van der Waals surface area contributed by atoms with E-state index in [1.165, 1.54) is 25.7 Å². The average Bonchev–Trinajstić information content (AvgIpc) is 2.90. The van der Waals surface area contributed by atoms with E-state index in [2.05, 4.69) is 6.92 Å². The van der Waals surface area contributed by atoms with Crippen molar-refractivity contribution in [3.05, 3.63) is 0 Å². The minimum absolute atomic E-state index is 0.301. The summed E-state index contributed by atoms with van der Waals surface area (Å²) >= 11 is 0. The minimum atomic E-state index is 0.301. The molecule has 2 aliphatic rings. The second-order valence-electron chi connectivity index (χ2n) is 4.90. The Bertz CT molecular complexity index is 167. The Morgan fingerprint density at radius 3 is 2.69 bits per heavy atom. The third-order valence-electron chi connectivity index (χ3n) is 3.35. The van der Waals surface area contributed by atoms with Crippen LogP contribution < -0.4 is 5.73 Å². The van der Waals surface area contributed by atoms with Crippen LogP contribution in [-0.2, 0) is 4.74 Å². The van der Waals surface area contributed by atoms with Gasteiger partial charge in [-0.3, -0.25) is 0 Å². The summed E-state index contributed by atoms with van der Waals surface area (Å²) in [6, 6.07) is 0.301. The molecular weight excluding hydrogens is 162 g/mol. The summed E-state index contributed by atoms with van der Waals surface area (Å²) in [7, 11) is 0. The largest absolute Gasteiger partial charge is 0.376 e. The average molecular weight is 183 g/mol. The van der Waals surface area contributed by atoms with Gasteiger partial charge in [-0.15, -0.1) is 0 Å². The summed E-state index contributed by atoms with van der Waals surface area (Å²) < 4.78 is 5.86. The van der Waals surface area contributed by atoms with Crippen LogP contribution in [0.25, 0.3) is 0 Å². The second-order valence-corrected chi connectivity index (χ2v) is 4.90. The fraction of sp³-hybridized carbons (Fsp3) is 1.00. The molecule has 2 aliphatic carbocycles. The van der Waals surface area contributed by atoms with E-state index in [4.69, 9.17) is 10.5 Å². The van der Waals surface area contributed by atoms with Crippen molar-refractivity contribution >= 4 is 0 Å². The van der Waals surface area contributed by atoms with E-state index in [1.807, 2.05) is 0 Å². The molecule has 2 rings (SSSR count). The first kappa shape index (κ1) is 9.47. The van der Waals surface area contributed by atoms with Crippen LogP contribution in [0.2, 0.25) is 0 Å². The van der Waals surface area contributed by atoms with Crippen molar-refractivity contribution in [2.24, 2.45) is 17.6 Å². The topological polar surface area (TPSA) is 35.2 Å². The fourth-order valence-electron chi connectivity index (χ4n) is 2.09. The van der Waals surface area contributed by atoms with Gasteiger partial charge in [-0.05, 0) is 43.9 Å². The molecular formula is C11H21NO. The summed E-state index contributed by atoms with van der Waals surface area (Å²) in [5.41, 5.74) is 6.02. The van der Waals surface area contributed by atoms with Crippen molar-refractivity contribution in [3.8, 4) is 0 Å². The van der Waals surface area contributed by atoms with Crippen molar-refractivity contribution in [1.29, 1.82) is 0 Å². The quantitative estimate of drug-likeness (QED) is 0.725. The van der Waals surface area contributed by atoms with Gasteiger partial charge in [0.25, 0.3) is 0 Å². The molecule has 0 radical (unpaired) electrons. The lowest BCUT2D eigenvalue weighted by Gasteiger charge is -2.32. The van der Waals surface area contributed by atoms with E-state index in [0.717, 1.165) is 24.9 Å². The van der Waals surface area contributed by atoms with E-state index < -0.39 is 0 Å². The van der Waals surface area contributed by atoms with Crippen molar-refractivity contribution in [3.63, 3.8) is 0 Å². The Balaban J connectivity index is 1.73. The molecule has 13 heavy (non-hydrogen) atoms. The van der Waals surface area contributed by atoms with Crippen LogP contribution in [0.5, 0.6) is 0 Å². The van der Waals surface area contributed by atoms with Gasteiger partial charge in [-0.2, -0.15) is 0 Å². The van der Waals surface area contributed by atoms with Gasteiger partial charge in [-0.1, -0.05) is 6.92 Å². The fourth-order valence-corrected chi connectivity index (χ4v) is 2.09. The molecule has 0 heterocycles.